The molecular weight excluding hydrogens is 228 g/mol. The maximum Gasteiger partial charge on any atom is 0.192 e. The Morgan fingerprint density at radius 2 is 2.00 bits per heavy atom. The van der Waals surface area contributed by atoms with Crippen LogP contribution in [0, 0.1) is 0 Å². The van der Waals surface area contributed by atoms with Gasteiger partial charge in [-0.25, -0.2) is 0 Å². The van der Waals surface area contributed by atoms with E-state index in [2.05, 4.69) is 40.8 Å². The van der Waals surface area contributed by atoms with Crippen LogP contribution in [0.4, 0.5) is 0 Å². The lowest BCUT2D eigenvalue weighted by molar-refractivity contribution is -0.104. The first kappa shape index (κ1) is 14.4. The second kappa shape index (κ2) is 4.90. The fraction of sp³-hybridized carbons (Fsp3) is 0.643. The number of aldehydes is 1. The van der Waals surface area contributed by atoms with Gasteiger partial charge in [0.15, 0.2) is 8.32 Å². The van der Waals surface area contributed by atoms with Crippen LogP contribution in [0.1, 0.15) is 34.1 Å². The summed E-state index contributed by atoms with van der Waals surface area (Å²) < 4.78 is 6.16. The second-order valence-corrected chi connectivity index (χ2v) is 11.2. The van der Waals surface area contributed by atoms with Crippen molar-refractivity contribution in [3.05, 3.63) is 22.8 Å². The summed E-state index contributed by atoms with van der Waals surface area (Å²) in [5.74, 6) is 0. The standard InChI is InChI=1S/C14H24O2Si/c1-11-7-12(9-15)8-13(11)10-16-17(5,6)14(2,3)4/h8-9H,7,10H2,1-6H3. The van der Waals surface area contributed by atoms with Gasteiger partial charge in [-0.15, -0.1) is 0 Å². The van der Waals surface area contributed by atoms with E-state index < -0.39 is 8.32 Å². The first-order chi connectivity index (χ1) is 7.67. The molecule has 0 saturated heterocycles. The highest BCUT2D eigenvalue weighted by molar-refractivity contribution is 6.74. The molecule has 0 aromatic carbocycles. The van der Waals surface area contributed by atoms with Gasteiger partial charge in [0.25, 0.3) is 0 Å². The van der Waals surface area contributed by atoms with Crippen molar-refractivity contribution < 1.29 is 9.22 Å². The fourth-order valence-electron chi connectivity index (χ4n) is 1.53. The first-order valence-electron chi connectivity index (χ1n) is 6.16. The third kappa shape index (κ3) is 3.39. The van der Waals surface area contributed by atoms with E-state index in [0.29, 0.717) is 6.61 Å². The quantitative estimate of drug-likeness (QED) is 0.561. The van der Waals surface area contributed by atoms with Gasteiger partial charge in [-0.05, 0) is 42.6 Å². The number of carbonyl (C=O) groups is 1. The molecule has 17 heavy (non-hydrogen) atoms. The van der Waals surface area contributed by atoms with Gasteiger partial charge in [0.1, 0.15) is 6.29 Å². The topological polar surface area (TPSA) is 26.3 Å². The molecule has 0 unspecified atom stereocenters. The van der Waals surface area contributed by atoms with E-state index in [1.165, 1.54) is 11.1 Å². The Morgan fingerprint density at radius 1 is 1.41 bits per heavy atom. The van der Waals surface area contributed by atoms with Crippen LogP contribution in [0.2, 0.25) is 18.1 Å². The van der Waals surface area contributed by atoms with E-state index in [-0.39, 0.29) is 5.04 Å². The van der Waals surface area contributed by atoms with Crippen LogP contribution in [0.3, 0.4) is 0 Å². The molecule has 0 fully saturated rings. The minimum atomic E-state index is -1.69. The summed E-state index contributed by atoms with van der Waals surface area (Å²) in [6.45, 7) is 14.0. The first-order valence-corrected chi connectivity index (χ1v) is 9.06. The van der Waals surface area contributed by atoms with E-state index in [1.54, 1.807) is 0 Å². The van der Waals surface area contributed by atoms with Crippen molar-refractivity contribution >= 4 is 14.6 Å². The van der Waals surface area contributed by atoms with E-state index in [0.717, 1.165) is 18.3 Å². The smallest absolute Gasteiger partial charge is 0.192 e. The average molecular weight is 252 g/mol. The van der Waals surface area contributed by atoms with Crippen LogP contribution in [0.15, 0.2) is 22.8 Å². The molecule has 0 heterocycles. The van der Waals surface area contributed by atoms with E-state index >= 15 is 0 Å². The van der Waals surface area contributed by atoms with Gasteiger partial charge in [0.2, 0.25) is 0 Å². The Morgan fingerprint density at radius 3 is 2.41 bits per heavy atom. The molecule has 0 atom stereocenters. The molecule has 2 nitrogen and oxygen atoms in total. The zero-order chi connectivity index (χ0) is 13.3. The summed E-state index contributed by atoms with van der Waals surface area (Å²) >= 11 is 0. The maximum atomic E-state index is 10.7. The van der Waals surface area contributed by atoms with Crippen LogP contribution < -0.4 is 0 Å². The Kier molecular flexibility index (Phi) is 4.15. The monoisotopic (exact) mass is 252 g/mol. The molecule has 0 radical (unpaired) electrons. The van der Waals surface area contributed by atoms with Crippen LogP contribution in [-0.4, -0.2) is 21.2 Å². The molecular formula is C14H24O2Si. The largest absolute Gasteiger partial charge is 0.413 e. The lowest BCUT2D eigenvalue weighted by Gasteiger charge is -2.36. The van der Waals surface area contributed by atoms with E-state index in [9.17, 15) is 4.79 Å². The molecule has 96 valence electrons. The van der Waals surface area contributed by atoms with Crippen molar-refractivity contribution in [1.82, 2.24) is 0 Å². The van der Waals surface area contributed by atoms with Crippen molar-refractivity contribution in [3.8, 4) is 0 Å². The Balaban J connectivity index is 2.66. The Bertz CT molecular complexity index is 370. The van der Waals surface area contributed by atoms with E-state index in [1.807, 2.05) is 6.08 Å². The molecule has 0 aromatic heterocycles. The lowest BCUT2D eigenvalue weighted by Crippen LogP contribution is -2.41. The molecule has 0 aromatic rings. The molecule has 3 heteroatoms. The molecule has 1 rings (SSSR count). The maximum absolute atomic E-state index is 10.7. The summed E-state index contributed by atoms with van der Waals surface area (Å²) in [5, 5.41) is 0.233. The Labute approximate surface area is 106 Å². The third-order valence-corrected chi connectivity index (χ3v) is 8.40. The minimum absolute atomic E-state index is 0.233. The van der Waals surface area contributed by atoms with Crippen LogP contribution >= 0.6 is 0 Å². The molecule has 0 saturated carbocycles. The molecule has 1 aliphatic carbocycles. The van der Waals surface area contributed by atoms with Crippen LogP contribution in [0.25, 0.3) is 0 Å². The number of hydrogen-bond acceptors (Lipinski definition) is 2. The van der Waals surface area contributed by atoms with Gasteiger partial charge in [0.05, 0.1) is 6.61 Å². The summed E-state index contributed by atoms with van der Waals surface area (Å²) in [5.41, 5.74) is 3.33. The van der Waals surface area contributed by atoms with Crippen molar-refractivity contribution in [2.75, 3.05) is 6.61 Å². The fourth-order valence-corrected chi connectivity index (χ4v) is 2.48. The van der Waals surface area contributed by atoms with Gasteiger partial charge >= 0.3 is 0 Å². The number of hydrogen-bond donors (Lipinski definition) is 0. The zero-order valence-corrected chi connectivity index (χ0v) is 12.9. The van der Waals surface area contributed by atoms with Crippen LogP contribution in [-0.2, 0) is 9.22 Å². The number of carbonyl (C=O) groups excluding carboxylic acids is 1. The summed E-state index contributed by atoms with van der Waals surface area (Å²) in [6, 6.07) is 0. The summed E-state index contributed by atoms with van der Waals surface area (Å²) in [4.78, 5) is 10.7. The van der Waals surface area contributed by atoms with Crippen LogP contribution in [0.5, 0.6) is 0 Å². The summed E-state index contributed by atoms with van der Waals surface area (Å²) in [7, 11) is -1.69. The van der Waals surface area contributed by atoms with E-state index in [4.69, 9.17) is 4.43 Å². The Hall–Kier alpha value is -0.673. The molecule has 0 N–H and O–H groups in total. The minimum Gasteiger partial charge on any atom is -0.413 e. The van der Waals surface area contributed by atoms with Crippen molar-refractivity contribution in [1.29, 1.82) is 0 Å². The van der Waals surface area contributed by atoms with Gasteiger partial charge in [0, 0.05) is 0 Å². The molecule has 0 spiro atoms. The highest BCUT2D eigenvalue weighted by Gasteiger charge is 2.37. The molecule has 0 bridgehead atoms. The third-order valence-electron chi connectivity index (χ3n) is 3.92. The zero-order valence-electron chi connectivity index (χ0n) is 11.9. The predicted octanol–water partition coefficient (Wildman–Crippen LogP) is 3.85. The molecule has 1 aliphatic rings. The van der Waals surface area contributed by atoms with Gasteiger partial charge in [-0.3, -0.25) is 4.79 Å². The van der Waals surface area contributed by atoms with Gasteiger partial charge in [-0.2, -0.15) is 0 Å². The second-order valence-electron chi connectivity index (χ2n) is 6.37. The highest BCUT2D eigenvalue weighted by Crippen LogP contribution is 2.37. The molecule has 0 amide bonds. The number of rotatable bonds is 4. The summed E-state index contributed by atoms with van der Waals surface area (Å²) in [6.07, 6.45) is 3.72. The predicted molar refractivity (Wildman–Crippen MR) is 74.6 cm³/mol. The SMILES string of the molecule is CC1=C(CO[Si](C)(C)C(C)(C)C)C=C(C=O)C1. The number of allylic oxidation sites excluding steroid dienone is 2. The average Bonchev–Trinajstić information content (AvgIpc) is 2.55. The van der Waals surface area contributed by atoms with Crippen molar-refractivity contribution in [3.63, 3.8) is 0 Å². The lowest BCUT2D eigenvalue weighted by atomic mass is 10.2. The normalized spacial score (nSPS) is 17.4. The van der Waals surface area contributed by atoms with Crippen molar-refractivity contribution in [2.24, 2.45) is 0 Å². The van der Waals surface area contributed by atoms with Crippen molar-refractivity contribution in [2.45, 2.75) is 52.2 Å². The highest BCUT2D eigenvalue weighted by atomic mass is 28.4. The van der Waals surface area contributed by atoms with Gasteiger partial charge in [-0.1, -0.05) is 32.4 Å². The molecule has 0 aliphatic heterocycles. The van der Waals surface area contributed by atoms with Gasteiger partial charge < -0.3 is 4.43 Å².